The summed E-state index contributed by atoms with van der Waals surface area (Å²) in [7, 11) is 0. The average molecular weight is 320 g/mol. The zero-order valence-electron chi connectivity index (χ0n) is 12.4. The quantitative estimate of drug-likeness (QED) is 0.589. The van der Waals surface area contributed by atoms with Gasteiger partial charge in [0.2, 0.25) is 0 Å². The van der Waals surface area contributed by atoms with Gasteiger partial charge in [-0.1, -0.05) is 0 Å². The second kappa shape index (κ2) is 6.93. The van der Waals surface area contributed by atoms with Gasteiger partial charge in [0, 0.05) is 18.1 Å². The lowest BCUT2D eigenvalue weighted by atomic mass is 10.2. The monoisotopic (exact) mass is 320 g/mol. The highest BCUT2D eigenvalue weighted by Crippen LogP contribution is 2.24. The van der Waals surface area contributed by atoms with Gasteiger partial charge in [-0.05, 0) is 31.2 Å². The number of carbonyl (C=O) groups is 1. The minimum absolute atomic E-state index is 0.0280. The fourth-order valence-electron chi connectivity index (χ4n) is 1.99. The molecule has 3 N–H and O–H groups in total. The predicted octanol–water partition coefficient (Wildman–Crippen LogP) is 2.03. The number of hydrogen-bond acceptors (Lipinski definition) is 6. The van der Waals surface area contributed by atoms with E-state index in [0.717, 1.165) is 0 Å². The van der Waals surface area contributed by atoms with Gasteiger partial charge >= 0.3 is 5.97 Å². The molecule has 2 aromatic rings. The third-order valence-corrected chi connectivity index (χ3v) is 3.20. The fourth-order valence-corrected chi connectivity index (χ4v) is 1.99. The van der Waals surface area contributed by atoms with Crippen molar-refractivity contribution >= 4 is 11.7 Å². The van der Waals surface area contributed by atoms with Crippen molar-refractivity contribution in [2.75, 3.05) is 0 Å². The Kier molecular flexibility index (Phi) is 4.97. The molecule has 0 radical (unpaired) electrons. The Hall–Kier alpha value is -2.87. The highest BCUT2D eigenvalue weighted by molar-refractivity contribution is 5.73. The molecule has 2 rings (SSSR count). The number of nitro benzene ring substituents is 1. The van der Waals surface area contributed by atoms with E-state index in [9.17, 15) is 14.9 Å². The Morgan fingerprint density at radius 2 is 2.09 bits per heavy atom. The molecule has 0 spiro atoms. The first-order chi connectivity index (χ1) is 10.9. The number of rotatable bonds is 7. The summed E-state index contributed by atoms with van der Waals surface area (Å²) >= 11 is 0. The summed E-state index contributed by atoms with van der Waals surface area (Å²) < 4.78 is 11.0. The van der Waals surface area contributed by atoms with Crippen LogP contribution in [-0.4, -0.2) is 22.0 Å². The van der Waals surface area contributed by atoms with Gasteiger partial charge in [0.05, 0.1) is 4.92 Å². The van der Waals surface area contributed by atoms with Gasteiger partial charge in [-0.2, -0.15) is 0 Å². The van der Waals surface area contributed by atoms with E-state index in [1.54, 1.807) is 25.1 Å². The molecule has 0 fully saturated rings. The van der Waals surface area contributed by atoms with Crippen LogP contribution in [0.1, 0.15) is 17.1 Å². The van der Waals surface area contributed by atoms with E-state index in [0.29, 0.717) is 22.8 Å². The first kappa shape index (κ1) is 16.5. The predicted molar refractivity (Wildman–Crippen MR) is 80.2 cm³/mol. The van der Waals surface area contributed by atoms with E-state index in [-0.39, 0.29) is 18.7 Å². The smallest absolute Gasteiger partial charge is 0.320 e. The molecule has 0 amide bonds. The Bertz CT molecular complexity index is 725. The number of ether oxygens (including phenoxy) is 1. The number of carboxylic acid groups (broad SMARTS) is 1. The van der Waals surface area contributed by atoms with Gasteiger partial charge in [0.25, 0.3) is 5.69 Å². The van der Waals surface area contributed by atoms with Gasteiger partial charge in [-0.25, -0.2) is 0 Å². The summed E-state index contributed by atoms with van der Waals surface area (Å²) in [6, 6.07) is 6.75. The molecule has 0 aliphatic carbocycles. The lowest BCUT2D eigenvalue weighted by Crippen LogP contribution is -2.32. The lowest BCUT2D eigenvalue weighted by Gasteiger charge is -2.06. The minimum atomic E-state index is -1.10. The van der Waals surface area contributed by atoms with Crippen molar-refractivity contribution in [3.05, 3.63) is 57.5 Å². The van der Waals surface area contributed by atoms with E-state index in [4.69, 9.17) is 20.0 Å². The van der Waals surface area contributed by atoms with Gasteiger partial charge in [0.1, 0.15) is 29.9 Å². The van der Waals surface area contributed by atoms with Crippen molar-refractivity contribution in [1.82, 2.24) is 0 Å². The maximum Gasteiger partial charge on any atom is 0.320 e. The first-order valence-corrected chi connectivity index (χ1v) is 6.80. The van der Waals surface area contributed by atoms with Crippen LogP contribution in [0.2, 0.25) is 0 Å². The van der Waals surface area contributed by atoms with Gasteiger partial charge in [0.15, 0.2) is 0 Å². The van der Waals surface area contributed by atoms with E-state index < -0.39 is 16.9 Å². The number of benzene rings is 1. The number of nitro groups is 1. The summed E-state index contributed by atoms with van der Waals surface area (Å²) in [6.45, 7) is 1.75. The number of aryl methyl sites for hydroxylation is 1. The van der Waals surface area contributed by atoms with E-state index >= 15 is 0 Å². The number of furan rings is 1. The van der Waals surface area contributed by atoms with Crippen LogP contribution in [0.25, 0.3) is 0 Å². The number of nitrogens with two attached hydrogens (primary N) is 1. The SMILES string of the molecule is Cc1cc(OCc2ccc(CC(N)C(=O)O)o2)ccc1[N+](=O)[O-]. The van der Waals surface area contributed by atoms with Crippen molar-refractivity contribution in [2.24, 2.45) is 5.73 Å². The summed E-state index contributed by atoms with van der Waals surface area (Å²) in [4.78, 5) is 21.0. The molecule has 1 atom stereocenters. The van der Waals surface area contributed by atoms with Crippen LogP contribution in [0.15, 0.2) is 34.7 Å². The van der Waals surface area contributed by atoms with Crippen molar-refractivity contribution in [2.45, 2.75) is 26.0 Å². The normalized spacial score (nSPS) is 11.9. The second-order valence-electron chi connectivity index (χ2n) is 5.01. The maximum absolute atomic E-state index is 10.7. The standard InChI is InChI=1S/C15H16N2O6/c1-9-6-10(4-5-14(9)17(20)21)22-8-12-3-2-11(23-12)7-13(16)15(18)19/h2-6,13H,7-8,16H2,1H3,(H,18,19). The molecular weight excluding hydrogens is 304 g/mol. The molecular formula is C15H16N2O6. The third kappa shape index (κ3) is 4.30. The Labute approximate surface area is 131 Å². The van der Waals surface area contributed by atoms with Crippen LogP contribution in [0.5, 0.6) is 5.75 Å². The van der Waals surface area contributed by atoms with Crippen LogP contribution in [0, 0.1) is 17.0 Å². The molecule has 8 nitrogen and oxygen atoms in total. The molecule has 1 aromatic heterocycles. The molecule has 0 aliphatic heterocycles. The number of hydrogen-bond donors (Lipinski definition) is 2. The van der Waals surface area contributed by atoms with Crippen LogP contribution in [-0.2, 0) is 17.8 Å². The number of carboxylic acids is 1. The van der Waals surface area contributed by atoms with Crippen molar-refractivity contribution in [3.63, 3.8) is 0 Å². The zero-order chi connectivity index (χ0) is 17.0. The molecule has 8 heteroatoms. The van der Waals surface area contributed by atoms with Crippen LogP contribution in [0.3, 0.4) is 0 Å². The number of nitrogens with zero attached hydrogens (tertiary/aromatic N) is 1. The van der Waals surface area contributed by atoms with Gasteiger partial charge in [-0.15, -0.1) is 0 Å². The van der Waals surface area contributed by atoms with Crippen molar-refractivity contribution in [3.8, 4) is 5.75 Å². The van der Waals surface area contributed by atoms with Gasteiger partial charge < -0.3 is 20.0 Å². The van der Waals surface area contributed by atoms with E-state index in [1.165, 1.54) is 12.1 Å². The number of aliphatic carboxylic acids is 1. The second-order valence-corrected chi connectivity index (χ2v) is 5.01. The first-order valence-electron chi connectivity index (χ1n) is 6.80. The zero-order valence-corrected chi connectivity index (χ0v) is 12.4. The van der Waals surface area contributed by atoms with E-state index in [2.05, 4.69) is 0 Å². The molecule has 0 bridgehead atoms. The third-order valence-electron chi connectivity index (χ3n) is 3.20. The Balaban J connectivity index is 1.96. The summed E-state index contributed by atoms with van der Waals surface area (Å²) in [5.74, 6) is 0.348. The van der Waals surface area contributed by atoms with Crippen LogP contribution in [0.4, 0.5) is 5.69 Å². The minimum Gasteiger partial charge on any atom is -0.486 e. The molecule has 1 heterocycles. The van der Waals surface area contributed by atoms with Gasteiger partial charge in [-0.3, -0.25) is 14.9 Å². The molecule has 0 aliphatic rings. The lowest BCUT2D eigenvalue weighted by molar-refractivity contribution is -0.385. The largest absolute Gasteiger partial charge is 0.486 e. The maximum atomic E-state index is 10.7. The molecule has 1 unspecified atom stereocenters. The summed E-state index contributed by atoms with van der Waals surface area (Å²) in [5.41, 5.74) is 5.96. The molecule has 23 heavy (non-hydrogen) atoms. The fraction of sp³-hybridized carbons (Fsp3) is 0.267. The Morgan fingerprint density at radius 1 is 1.39 bits per heavy atom. The highest BCUT2D eigenvalue weighted by atomic mass is 16.6. The van der Waals surface area contributed by atoms with Crippen molar-refractivity contribution < 1.29 is 24.0 Å². The molecule has 1 aromatic carbocycles. The molecule has 0 saturated heterocycles. The van der Waals surface area contributed by atoms with Crippen molar-refractivity contribution in [1.29, 1.82) is 0 Å². The summed E-state index contributed by atoms with van der Waals surface area (Å²) in [5, 5.41) is 19.5. The van der Waals surface area contributed by atoms with Crippen LogP contribution < -0.4 is 10.5 Å². The molecule has 122 valence electrons. The molecule has 0 saturated carbocycles. The summed E-state index contributed by atoms with van der Waals surface area (Å²) in [6.07, 6.45) is 0.0893. The average Bonchev–Trinajstić information content (AvgIpc) is 2.92. The Morgan fingerprint density at radius 3 is 2.70 bits per heavy atom. The van der Waals surface area contributed by atoms with E-state index in [1.807, 2.05) is 0 Å². The topological polar surface area (TPSA) is 129 Å². The highest BCUT2D eigenvalue weighted by Gasteiger charge is 2.15. The van der Waals surface area contributed by atoms with Crippen LogP contribution >= 0.6 is 0 Å².